The maximum absolute atomic E-state index is 12.9. The minimum Gasteiger partial charge on any atom is -0.450 e. The van der Waals surface area contributed by atoms with Crippen LogP contribution in [0.5, 0.6) is 0 Å². The van der Waals surface area contributed by atoms with Crippen LogP contribution in [0.15, 0.2) is 15.3 Å². The van der Waals surface area contributed by atoms with Crippen molar-refractivity contribution in [3.05, 3.63) is 33.4 Å². The molecule has 0 unspecified atom stereocenters. The zero-order chi connectivity index (χ0) is 19.4. The van der Waals surface area contributed by atoms with Crippen LogP contribution in [0.2, 0.25) is 0 Å². The van der Waals surface area contributed by atoms with Gasteiger partial charge in [-0.2, -0.15) is 0 Å². The Morgan fingerprint density at radius 1 is 1.18 bits per heavy atom. The molecule has 8 nitrogen and oxygen atoms in total. The summed E-state index contributed by atoms with van der Waals surface area (Å²) in [5.74, 6) is 0.555. The van der Waals surface area contributed by atoms with E-state index in [1.54, 1.807) is 23.6 Å². The normalized spacial score (nSPS) is 17.8. The molecular formula is C19H28ClN3O5. The van der Waals surface area contributed by atoms with Gasteiger partial charge in [-0.3, -0.25) is 4.79 Å². The average Bonchev–Trinajstić information content (AvgIpc) is 2.68. The fourth-order valence-electron chi connectivity index (χ4n) is 3.66. The van der Waals surface area contributed by atoms with Gasteiger partial charge in [-0.25, -0.2) is 9.59 Å². The van der Waals surface area contributed by atoms with Gasteiger partial charge in [0.05, 0.1) is 6.61 Å². The average molecular weight is 414 g/mol. The Kier molecular flexibility index (Phi) is 7.88. The number of carbonyl (C=O) groups excluding carboxylic acids is 2. The second-order valence-corrected chi connectivity index (χ2v) is 7.00. The first-order chi connectivity index (χ1) is 13.0. The zero-order valence-electron chi connectivity index (χ0n) is 16.4. The van der Waals surface area contributed by atoms with E-state index in [4.69, 9.17) is 9.15 Å². The molecule has 1 aromatic heterocycles. The van der Waals surface area contributed by atoms with E-state index in [1.807, 2.05) is 6.07 Å². The third-order valence-corrected chi connectivity index (χ3v) is 5.22. The van der Waals surface area contributed by atoms with Crippen molar-refractivity contribution < 1.29 is 18.7 Å². The Hall–Kier alpha value is -2.06. The number of hydrogen-bond acceptors (Lipinski definition) is 6. The van der Waals surface area contributed by atoms with Crippen molar-refractivity contribution in [3.63, 3.8) is 0 Å². The first-order valence-corrected chi connectivity index (χ1v) is 9.57. The molecule has 156 valence electrons. The molecule has 9 heteroatoms. The van der Waals surface area contributed by atoms with Gasteiger partial charge in [-0.05, 0) is 51.4 Å². The van der Waals surface area contributed by atoms with Crippen molar-refractivity contribution in [2.75, 3.05) is 45.9 Å². The fraction of sp³-hybridized carbons (Fsp3) is 0.632. The van der Waals surface area contributed by atoms with Gasteiger partial charge in [-0.1, -0.05) is 0 Å². The molecule has 0 spiro atoms. The summed E-state index contributed by atoms with van der Waals surface area (Å²) in [4.78, 5) is 40.3. The number of halogens is 1. The highest BCUT2D eigenvalue weighted by Gasteiger charge is 2.29. The molecule has 1 aromatic rings. The summed E-state index contributed by atoms with van der Waals surface area (Å²) >= 11 is 0. The molecule has 2 saturated heterocycles. The Bertz CT molecular complexity index is 752. The van der Waals surface area contributed by atoms with E-state index < -0.39 is 5.63 Å². The largest absolute Gasteiger partial charge is 0.450 e. The van der Waals surface area contributed by atoms with E-state index in [9.17, 15) is 14.4 Å². The van der Waals surface area contributed by atoms with Crippen molar-refractivity contribution in [2.45, 2.75) is 32.6 Å². The summed E-state index contributed by atoms with van der Waals surface area (Å²) in [7, 11) is 0. The molecule has 2 fully saturated rings. The number of piperidine rings is 1. The predicted octanol–water partition coefficient (Wildman–Crippen LogP) is 1.75. The van der Waals surface area contributed by atoms with Crippen LogP contribution in [-0.4, -0.2) is 67.7 Å². The number of carbonyl (C=O) groups is 2. The number of ether oxygens (including phenoxy) is 1. The van der Waals surface area contributed by atoms with Crippen LogP contribution in [0.25, 0.3) is 0 Å². The minimum atomic E-state index is -0.568. The first-order valence-electron chi connectivity index (χ1n) is 9.57. The molecular weight excluding hydrogens is 386 g/mol. The number of piperazine rings is 1. The van der Waals surface area contributed by atoms with Gasteiger partial charge < -0.3 is 24.3 Å². The maximum Gasteiger partial charge on any atom is 0.409 e. The number of hydrogen-bond donors (Lipinski definition) is 1. The molecule has 28 heavy (non-hydrogen) atoms. The van der Waals surface area contributed by atoms with Gasteiger partial charge >= 0.3 is 11.7 Å². The van der Waals surface area contributed by atoms with Gasteiger partial charge in [0.1, 0.15) is 11.3 Å². The molecule has 3 rings (SSSR count). The van der Waals surface area contributed by atoms with Gasteiger partial charge in [0.2, 0.25) is 0 Å². The summed E-state index contributed by atoms with van der Waals surface area (Å²) in [6.45, 7) is 7.18. The van der Waals surface area contributed by atoms with Crippen LogP contribution in [0.4, 0.5) is 4.79 Å². The van der Waals surface area contributed by atoms with E-state index >= 15 is 0 Å². The van der Waals surface area contributed by atoms with Crippen LogP contribution in [-0.2, 0) is 4.74 Å². The first kappa shape index (κ1) is 22.2. The fourth-order valence-corrected chi connectivity index (χ4v) is 3.66. The second-order valence-electron chi connectivity index (χ2n) is 7.00. The van der Waals surface area contributed by atoms with Crippen molar-refractivity contribution in [2.24, 2.45) is 0 Å². The molecule has 2 amide bonds. The lowest BCUT2D eigenvalue weighted by Crippen LogP contribution is -2.51. The number of aryl methyl sites for hydroxylation is 1. The van der Waals surface area contributed by atoms with E-state index in [0.717, 1.165) is 25.9 Å². The smallest absolute Gasteiger partial charge is 0.409 e. The standard InChI is InChI=1S/C19H27N3O5.ClH/c1-3-26-19(25)22-10-8-21(9-11-22)17(23)16-13(2)12-15(27-18(16)24)14-4-6-20-7-5-14;/h12,14,20H,3-11H2,1-2H3;1H. The van der Waals surface area contributed by atoms with Crippen LogP contribution in [0.1, 0.15) is 47.4 Å². The lowest BCUT2D eigenvalue weighted by molar-refractivity contribution is 0.0565. The topological polar surface area (TPSA) is 92.1 Å². The van der Waals surface area contributed by atoms with Gasteiger partial charge in [0, 0.05) is 32.1 Å². The van der Waals surface area contributed by atoms with Crippen molar-refractivity contribution >= 4 is 24.4 Å². The summed E-state index contributed by atoms with van der Waals surface area (Å²) in [5.41, 5.74) is 0.177. The number of amides is 2. The third kappa shape index (κ3) is 4.86. The van der Waals surface area contributed by atoms with E-state index in [2.05, 4.69) is 5.32 Å². The molecule has 1 N–H and O–H groups in total. The summed E-state index contributed by atoms with van der Waals surface area (Å²) in [6.07, 6.45) is 1.48. The number of nitrogens with one attached hydrogen (secondary N) is 1. The maximum atomic E-state index is 12.9. The molecule has 0 saturated carbocycles. The van der Waals surface area contributed by atoms with Gasteiger partial charge in [0.25, 0.3) is 5.91 Å². The van der Waals surface area contributed by atoms with Crippen LogP contribution < -0.4 is 10.9 Å². The van der Waals surface area contributed by atoms with E-state index in [-0.39, 0.29) is 35.9 Å². The Balaban J connectivity index is 0.00000280. The highest BCUT2D eigenvalue weighted by atomic mass is 35.5. The molecule has 0 bridgehead atoms. The minimum absolute atomic E-state index is 0. The van der Waals surface area contributed by atoms with Crippen molar-refractivity contribution in [1.82, 2.24) is 15.1 Å². The van der Waals surface area contributed by atoms with Gasteiger partial charge in [0.15, 0.2) is 0 Å². The Labute approximate surface area is 170 Å². The predicted molar refractivity (Wildman–Crippen MR) is 106 cm³/mol. The SMILES string of the molecule is CCOC(=O)N1CCN(C(=O)c2c(C)cc(C3CCNCC3)oc2=O)CC1.Cl. The van der Waals surface area contributed by atoms with E-state index in [1.165, 1.54) is 0 Å². The molecule has 0 atom stereocenters. The van der Waals surface area contributed by atoms with Crippen molar-refractivity contribution in [3.8, 4) is 0 Å². The molecule has 0 radical (unpaired) electrons. The third-order valence-electron chi connectivity index (χ3n) is 5.22. The quantitative estimate of drug-likeness (QED) is 0.811. The summed E-state index contributed by atoms with van der Waals surface area (Å²) in [5, 5.41) is 3.29. The zero-order valence-corrected chi connectivity index (χ0v) is 17.2. The van der Waals surface area contributed by atoms with Crippen LogP contribution in [0, 0.1) is 6.92 Å². The molecule has 2 aliphatic rings. The highest BCUT2D eigenvalue weighted by molar-refractivity contribution is 5.95. The number of rotatable bonds is 3. The Morgan fingerprint density at radius 2 is 1.79 bits per heavy atom. The van der Waals surface area contributed by atoms with Crippen molar-refractivity contribution in [1.29, 1.82) is 0 Å². The highest BCUT2D eigenvalue weighted by Crippen LogP contribution is 2.25. The lowest BCUT2D eigenvalue weighted by atomic mass is 9.94. The summed E-state index contributed by atoms with van der Waals surface area (Å²) < 4.78 is 10.5. The monoisotopic (exact) mass is 413 g/mol. The Morgan fingerprint density at radius 3 is 2.36 bits per heavy atom. The number of nitrogens with zero attached hydrogens (tertiary/aromatic N) is 2. The second kappa shape index (κ2) is 9.93. The van der Waals surface area contributed by atoms with Crippen LogP contribution >= 0.6 is 12.4 Å². The summed E-state index contributed by atoms with van der Waals surface area (Å²) in [6, 6.07) is 1.83. The van der Waals surface area contributed by atoms with E-state index in [0.29, 0.717) is 44.1 Å². The van der Waals surface area contributed by atoms with Gasteiger partial charge in [-0.15, -0.1) is 12.4 Å². The molecule has 3 heterocycles. The molecule has 2 aliphatic heterocycles. The van der Waals surface area contributed by atoms with Crippen LogP contribution in [0.3, 0.4) is 0 Å². The molecule has 0 aromatic carbocycles. The molecule has 0 aliphatic carbocycles. The lowest BCUT2D eigenvalue weighted by Gasteiger charge is -2.34.